The summed E-state index contributed by atoms with van der Waals surface area (Å²) in [4.78, 5) is 11.4. The van der Waals surface area contributed by atoms with E-state index >= 15 is 0 Å². The Morgan fingerprint density at radius 3 is 2.95 bits per heavy atom. The van der Waals surface area contributed by atoms with Gasteiger partial charge in [0.2, 0.25) is 0 Å². The molecule has 2 rings (SSSR count). The third kappa shape index (κ3) is 3.15. The predicted molar refractivity (Wildman–Crippen MR) is 81.1 cm³/mol. The minimum atomic E-state index is -0.900. The molecule has 0 spiro atoms. The van der Waals surface area contributed by atoms with Crippen molar-refractivity contribution in [3.63, 3.8) is 0 Å². The fraction of sp³-hybridized carbons (Fsp3) is 0.533. The average Bonchev–Trinajstić information content (AvgIpc) is 2.84. The number of rotatable bonds is 6. The highest BCUT2D eigenvalue weighted by molar-refractivity contribution is 9.10. The SMILES string of the molecule is CCCC(C)(NCc1cc(Br)cc2c1OCC2)C(=O)O. The lowest BCUT2D eigenvalue weighted by molar-refractivity contribution is -0.144. The maximum Gasteiger partial charge on any atom is 0.323 e. The van der Waals surface area contributed by atoms with Gasteiger partial charge in [0.05, 0.1) is 6.61 Å². The minimum absolute atomic E-state index is 0.491. The van der Waals surface area contributed by atoms with Crippen molar-refractivity contribution in [1.82, 2.24) is 5.32 Å². The van der Waals surface area contributed by atoms with Crippen LogP contribution >= 0.6 is 15.9 Å². The van der Waals surface area contributed by atoms with Crippen LogP contribution in [0.15, 0.2) is 16.6 Å². The number of benzene rings is 1. The zero-order chi connectivity index (χ0) is 14.8. The summed E-state index contributed by atoms with van der Waals surface area (Å²) in [5.74, 6) is 0.0943. The van der Waals surface area contributed by atoms with Gasteiger partial charge in [-0.05, 0) is 31.0 Å². The van der Waals surface area contributed by atoms with Gasteiger partial charge in [-0.2, -0.15) is 0 Å². The summed E-state index contributed by atoms with van der Waals surface area (Å²) in [6, 6.07) is 4.06. The fourth-order valence-corrected chi connectivity index (χ4v) is 3.09. The van der Waals surface area contributed by atoms with Gasteiger partial charge < -0.3 is 9.84 Å². The van der Waals surface area contributed by atoms with E-state index in [1.54, 1.807) is 6.92 Å². The standard InChI is InChI=1S/C15H20BrNO3/c1-3-5-15(2,14(18)19)17-9-11-8-12(16)7-10-4-6-20-13(10)11/h7-8,17H,3-6,9H2,1-2H3,(H,18,19). The maximum atomic E-state index is 11.4. The van der Waals surface area contributed by atoms with E-state index < -0.39 is 11.5 Å². The molecule has 1 aliphatic heterocycles. The third-order valence-electron chi connectivity index (χ3n) is 3.72. The topological polar surface area (TPSA) is 58.6 Å². The van der Waals surface area contributed by atoms with E-state index in [-0.39, 0.29) is 0 Å². The predicted octanol–water partition coefficient (Wildman–Crippen LogP) is 3.12. The van der Waals surface area contributed by atoms with Gasteiger partial charge in [-0.25, -0.2) is 0 Å². The van der Waals surface area contributed by atoms with Crippen molar-refractivity contribution in [3.8, 4) is 5.75 Å². The van der Waals surface area contributed by atoms with E-state index in [4.69, 9.17) is 4.74 Å². The van der Waals surface area contributed by atoms with Gasteiger partial charge >= 0.3 is 5.97 Å². The smallest absolute Gasteiger partial charge is 0.323 e. The number of carboxylic acid groups (broad SMARTS) is 1. The number of aliphatic carboxylic acids is 1. The molecule has 0 bridgehead atoms. The molecule has 0 fully saturated rings. The van der Waals surface area contributed by atoms with Gasteiger partial charge in [-0.3, -0.25) is 10.1 Å². The maximum absolute atomic E-state index is 11.4. The first-order valence-corrected chi connectivity index (χ1v) is 7.68. The van der Waals surface area contributed by atoms with E-state index in [1.165, 1.54) is 5.56 Å². The number of hydrogen-bond acceptors (Lipinski definition) is 3. The highest BCUT2D eigenvalue weighted by Crippen LogP contribution is 2.33. The lowest BCUT2D eigenvalue weighted by atomic mass is 9.95. The molecule has 20 heavy (non-hydrogen) atoms. The zero-order valence-electron chi connectivity index (χ0n) is 11.8. The molecule has 4 nitrogen and oxygen atoms in total. The Kier molecular flexibility index (Phi) is 4.70. The van der Waals surface area contributed by atoms with Crippen molar-refractivity contribution < 1.29 is 14.6 Å². The highest BCUT2D eigenvalue weighted by Gasteiger charge is 2.32. The minimum Gasteiger partial charge on any atom is -0.493 e. The molecule has 0 saturated heterocycles. The molecule has 5 heteroatoms. The second-order valence-electron chi connectivity index (χ2n) is 5.39. The van der Waals surface area contributed by atoms with Crippen LogP contribution in [0.2, 0.25) is 0 Å². The summed E-state index contributed by atoms with van der Waals surface area (Å²) < 4.78 is 6.67. The summed E-state index contributed by atoms with van der Waals surface area (Å²) in [5.41, 5.74) is 1.29. The van der Waals surface area contributed by atoms with E-state index in [2.05, 4.69) is 27.3 Å². The molecular formula is C15H20BrNO3. The largest absolute Gasteiger partial charge is 0.493 e. The Labute approximate surface area is 127 Å². The first kappa shape index (κ1) is 15.3. The van der Waals surface area contributed by atoms with E-state index in [9.17, 15) is 9.90 Å². The Balaban J connectivity index is 2.16. The summed E-state index contributed by atoms with van der Waals surface area (Å²) in [5, 5.41) is 12.6. The molecule has 1 heterocycles. The van der Waals surface area contributed by atoms with Crippen molar-refractivity contribution in [3.05, 3.63) is 27.7 Å². The van der Waals surface area contributed by atoms with Crippen LogP contribution in [0.4, 0.5) is 0 Å². The molecule has 0 aliphatic carbocycles. The number of nitrogens with one attached hydrogen (secondary N) is 1. The molecular weight excluding hydrogens is 322 g/mol. The van der Waals surface area contributed by atoms with Gasteiger partial charge in [0, 0.05) is 23.0 Å². The highest BCUT2D eigenvalue weighted by atomic mass is 79.9. The molecule has 1 aromatic carbocycles. The van der Waals surface area contributed by atoms with E-state index in [1.807, 2.05) is 13.0 Å². The molecule has 1 aromatic rings. The number of fused-ring (bicyclic) bond motifs is 1. The number of ether oxygens (including phenoxy) is 1. The van der Waals surface area contributed by atoms with Gasteiger partial charge in [-0.15, -0.1) is 0 Å². The molecule has 0 saturated carbocycles. The lowest BCUT2D eigenvalue weighted by Gasteiger charge is -2.26. The lowest BCUT2D eigenvalue weighted by Crippen LogP contribution is -2.48. The average molecular weight is 342 g/mol. The fourth-order valence-electron chi connectivity index (χ4n) is 2.54. The molecule has 2 N–H and O–H groups in total. The second kappa shape index (κ2) is 6.14. The first-order valence-electron chi connectivity index (χ1n) is 6.89. The Bertz CT molecular complexity index is 518. The van der Waals surface area contributed by atoms with Crippen molar-refractivity contribution >= 4 is 21.9 Å². The number of carboxylic acids is 1. The van der Waals surface area contributed by atoms with Crippen LogP contribution in [0.25, 0.3) is 0 Å². The Morgan fingerprint density at radius 1 is 1.55 bits per heavy atom. The van der Waals surface area contributed by atoms with Gasteiger partial charge in [0.15, 0.2) is 0 Å². The number of carbonyl (C=O) groups is 1. The summed E-state index contributed by atoms with van der Waals surface area (Å²) in [7, 11) is 0. The van der Waals surface area contributed by atoms with Crippen LogP contribution in [0.5, 0.6) is 5.75 Å². The van der Waals surface area contributed by atoms with Crippen LogP contribution in [0, 0.1) is 0 Å². The summed E-state index contributed by atoms with van der Waals surface area (Å²) in [6.07, 6.45) is 2.33. The van der Waals surface area contributed by atoms with Crippen LogP contribution in [-0.2, 0) is 17.8 Å². The van der Waals surface area contributed by atoms with Crippen LogP contribution in [0.3, 0.4) is 0 Å². The van der Waals surface area contributed by atoms with Crippen molar-refractivity contribution in [2.75, 3.05) is 6.61 Å². The van der Waals surface area contributed by atoms with E-state index in [0.29, 0.717) is 19.6 Å². The van der Waals surface area contributed by atoms with Crippen molar-refractivity contribution in [2.45, 2.75) is 45.2 Å². The van der Waals surface area contributed by atoms with E-state index in [0.717, 1.165) is 28.6 Å². The van der Waals surface area contributed by atoms with Crippen LogP contribution in [-0.4, -0.2) is 23.2 Å². The Morgan fingerprint density at radius 2 is 2.30 bits per heavy atom. The molecule has 1 atom stereocenters. The van der Waals surface area contributed by atoms with Gasteiger partial charge in [0.1, 0.15) is 11.3 Å². The summed E-state index contributed by atoms with van der Waals surface area (Å²) >= 11 is 3.50. The monoisotopic (exact) mass is 341 g/mol. The molecule has 1 aliphatic rings. The molecule has 0 aromatic heterocycles. The summed E-state index contributed by atoms with van der Waals surface area (Å²) in [6.45, 7) is 4.91. The van der Waals surface area contributed by atoms with Crippen LogP contribution in [0.1, 0.15) is 37.8 Å². The van der Waals surface area contributed by atoms with Crippen molar-refractivity contribution in [2.24, 2.45) is 0 Å². The Hall–Kier alpha value is -1.07. The molecule has 1 unspecified atom stereocenters. The molecule has 0 radical (unpaired) electrons. The van der Waals surface area contributed by atoms with Crippen LogP contribution < -0.4 is 10.1 Å². The third-order valence-corrected chi connectivity index (χ3v) is 4.17. The number of halogens is 1. The van der Waals surface area contributed by atoms with Gasteiger partial charge in [-0.1, -0.05) is 29.3 Å². The second-order valence-corrected chi connectivity index (χ2v) is 6.31. The molecule has 0 amide bonds. The molecule has 110 valence electrons. The number of hydrogen-bond donors (Lipinski definition) is 2. The zero-order valence-corrected chi connectivity index (χ0v) is 13.4. The quantitative estimate of drug-likeness (QED) is 0.834. The normalized spacial score (nSPS) is 16.4. The first-order chi connectivity index (χ1) is 9.46. The van der Waals surface area contributed by atoms with Gasteiger partial charge in [0.25, 0.3) is 0 Å². The van der Waals surface area contributed by atoms with Crippen molar-refractivity contribution in [1.29, 1.82) is 0 Å².